The van der Waals surface area contributed by atoms with E-state index in [1.54, 1.807) is 25.3 Å². The highest BCUT2D eigenvalue weighted by atomic mass is 35.5. The number of nitrogens with zero attached hydrogens (tertiary/aromatic N) is 1. The van der Waals surface area contributed by atoms with E-state index in [2.05, 4.69) is 15.6 Å². The zero-order chi connectivity index (χ0) is 19.2. The van der Waals surface area contributed by atoms with Crippen molar-refractivity contribution in [3.05, 3.63) is 82.5 Å². The second-order valence-corrected chi connectivity index (χ2v) is 6.43. The molecular formula is C21H20ClN3O2. The molecule has 0 fully saturated rings. The van der Waals surface area contributed by atoms with Crippen LogP contribution in [-0.4, -0.2) is 18.0 Å². The summed E-state index contributed by atoms with van der Waals surface area (Å²) < 4.78 is 5.35. The summed E-state index contributed by atoms with van der Waals surface area (Å²) in [6.07, 6.45) is 1.54. The topological polar surface area (TPSA) is 63.2 Å². The Kier molecular flexibility index (Phi) is 5.94. The third-order valence-corrected chi connectivity index (χ3v) is 4.47. The first-order valence-corrected chi connectivity index (χ1v) is 8.84. The first-order chi connectivity index (χ1) is 13.1. The maximum absolute atomic E-state index is 12.3. The van der Waals surface area contributed by atoms with Gasteiger partial charge in [0.25, 0.3) is 5.91 Å². The van der Waals surface area contributed by atoms with Crippen LogP contribution in [0.3, 0.4) is 0 Å². The van der Waals surface area contributed by atoms with Crippen LogP contribution in [0.15, 0.2) is 60.8 Å². The fourth-order valence-electron chi connectivity index (χ4n) is 2.55. The number of ether oxygens (including phenoxy) is 1. The van der Waals surface area contributed by atoms with Gasteiger partial charge in [-0.2, -0.15) is 0 Å². The minimum absolute atomic E-state index is 0.169. The van der Waals surface area contributed by atoms with Crippen molar-refractivity contribution in [3.8, 4) is 5.75 Å². The smallest absolute Gasteiger partial charge is 0.253 e. The van der Waals surface area contributed by atoms with E-state index >= 15 is 0 Å². The SMILES string of the molecule is COc1cc(Cl)c(C)cc1Nc1ccc(C(=O)NCc2ccccc2)cn1. The maximum atomic E-state index is 12.3. The van der Waals surface area contributed by atoms with Crippen LogP contribution in [0.2, 0.25) is 5.02 Å². The van der Waals surface area contributed by atoms with E-state index < -0.39 is 0 Å². The minimum Gasteiger partial charge on any atom is -0.495 e. The summed E-state index contributed by atoms with van der Waals surface area (Å²) in [5, 5.41) is 6.71. The molecule has 0 bridgehead atoms. The van der Waals surface area contributed by atoms with Gasteiger partial charge >= 0.3 is 0 Å². The number of hydrogen-bond donors (Lipinski definition) is 2. The highest BCUT2D eigenvalue weighted by molar-refractivity contribution is 6.31. The molecule has 0 aliphatic heterocycles. The van der Waals surface area contributed by atoms with Crippen molar-refractivity contribution in [2.45, 2.75) is 13.5 Å². The standard InChI is InChI=1S/C21H20ClN3O2/c1-14-10-18(19(27-2)11-17(14)22)25-20-9-8-16(13-23-20)21(26)24-12-15-6-4-3-5-7-15/h3-11,13H,12H2,1-2H3,(H,23,25)(H,24,26). The molecule has 138 valence electrons. The van der Waals surface area contributed by atoms with Crippen LogP contribution in [0, 0.1) is 6.92 Å². The Morgan fingerprint density at radius 3 is 2.59 bits per heavy atom. The van der Waals surface area contributed by atoms with Gasteiger partial charge < -0.3 is 15.4 Å². The average molecular weight is 382 g/mol. The van der Waals surface area contributed by atoms with Crippen LogP contribution in [0.1, 0.15) is 21.5 Å². The molecule has 2 N–H and O–H groups in total. The van der Waals surface area contributed by atoms with Crippen molar-refractivity contribution >= 4 is 29.0 Å². The van der Waals surface area contributed by atoms with Crippen molar-refractivity contribution in [1.82, 2.24) is 10.3 Å². The Hall–Kier alpha value is -3.05. The Balaban J connectivity index is 1.67. The molecule has 2 aromatic carbocycles. The molecule has 3 aromatic rings. The monoisotopic (exact) mass is 381 g/mol. The lowest BCUT2D eigenvalue weighted by Gasteiger charge is -2.13. The van der Waals surface area contributed by atoms with Crippen molar-refractivity contribution in [2.24, 2.45) is 0 Å². The summed E-state index contributed by atoms with van der Waals surface area (Å²) in [6, 6.07) is 16.9. The first-order valence-electron chi connectivity index (χ1n) is 8.46. The van der Waals surface area contributed by atoms with Crippen LogP contribution >= 0.6 is 11.6 Å². The third-order valence-electron chi connectivity index (χ3n) is 4.07. The third kappa shape index (κ3) is 4.77. The molecule has 0 aliphatic rings. The molecule has 0 aliphatic carbocycles. The Morgan fingerprint density at radius 2 is 1.93 bits per heavy atom. The van der Waals surface area contributed by atoms with Crippen LogP contribution in [0.5, 0.6) is 5.75 Å². The summed E-state index contributed by atoms with van der Waals surface area (Å²) in [5.41, 5.74) is 3.23. The number of hydrogen-bond acceptors (Lipinski definition) is 4. The van der Waals surface area contributed by atoms with Gasteiger partial charge in [-0.05, 0) is 36.2 Å². The van der Waals surface area contributed by atoms with Crippen LogP contribution < -0.4 is 15.4 Å². The van der Waals surface area contributed by atoms with Gasteiger partial charge in [-0.3, -0.25) is 4.79 Å². The Bertz CT molecular complexity index is 928. The molecular weight excluding hydrogens is 362 g/mol. The van der Waals surface area contributed by atoms with E-state index in [9.17, 15) is 4.79 Å². The van der Waals surface area contributed by atoms with Crippen LogP contribution in [0.25, 0.3) is 0 Å². The van der Waals surface area contributed by atoms with E-state index in [1.807, 2.05) is 43.3 Å². The van der Waals surface area contributed by atoms with Crippen LogP contribution in [-0.2, 0) is 6.54 Å². The predicted octanol–water partition coefficient (Wildman–Crippen LogP) is 4.73. The fraction of sp³-hybridized carbons (Fsp3) is 0.143. The number of pyridine rings is 1. The molecule has 0 spiro atoms. The highest BCUT2D eigenvalue weighted by Crippen LogP contribution is 2.32. The molecule has 1 amide bonds. The number of benzene rings is 2. The second kappa shape index (κ2) is 8.56. The Morgan fingerprint density at radius 1 is 1.15 bits per heavy atom. The number of carbonyl (C=O) groups is 1. The van der Waals surface area contributed by atoms with Crippen LogP contribution in [0.4, 0.5) is 11.5 Å². The second-order valence-electron chi connectivity index (χ2n) is 6.03. The number of nitrogens with one attached hydrogen (secondary N) is 2. The zero-order valence-electron chi connectivity index (χ0n) is 15.1. The largest absolute Gasteiger partial charge is 0.495 e. The molecule has 0 radical (unpaired) electrons. The number of halogens is 1. The first kappa shape index (κ1) is 18.7. The quantitative estimate of drug-likeness (QED) is 0.648. The normalized spacial score (nSPS) is 10.3. The van der Waals surface area contributed by atoms with E-state index in [4.69, 9.17) is 16.3 Å². The fourth-order valence-corrected chi connectivity index (χ4v) is 2.70. The lowest BCUT2D eigenvalue weighted by Crippen LogP contribution is -2.22. The summed E-state index contributed by atoms with van der Waals surface area (Å²) in [4.78, 5) is 16.6. The lowest BCUT2D eigenvalue weighted by atomic mass is 10.2. The van der Waals surface area contributed by atoms with E-state index in [0.29, 0.717) is 28.7 Å². The minimum atomic E-state index is -0.169. The van der Waals surface area contributed by atoms with Gasteiger partial charge in [-0.25, -0.2) is 4.98 Å². The summed E-state index contributed by atoms with van der Waals surface area (Å²) >= 11 is 6.13. The lowest BCUT2D eigenvalue weighted by molar-refractivity contribution is 0.0950. The van der Waals surface area contributed by atoms with Gasteiger partial charge in [0, 0.05) is 23.8 Å². The van der Waals surface area contributed by atoms with Gasteiger partial charge in [-0.15, -0.1) is 0 Å². The number of carbonyl (C=O) groups excluding carboxylic acids is 1. The molecule has 3 rings (SSSR count). The summed E-state index contributed by atoms with van der Waals surface area (Å²) in [6.45, 7) is 2.39. The molecule has 0 atom stereocenters. The Labute approximate surface area is 163 Å². The van der Waals surface area contributed by atoms with Gasteiger partial charge in [0.05, 0.1) is 18.4 Å². The summed E-state index contributed by atoms with van der Waals surface area (Å²) in [5.74, 6) is 1.06. The molecule has 0 saturated carbocycles. The number of methoxy groups -OCH3 is 1. The summed E-state index contributed by atoms with van der Waals surface area (Å²) in [7, 11) is 1.58. The van der Waals surface area contributed by atoms with Gasteiger partial charge in [0.15, 0.2) is 0 Å². The zero-order valence-corrected chi connectivity index (χ0v) is 15.9. The van der Waals surface area contributed by atoms with E-state index in [-0.39, 0.29) is 5.91 Å². The molecule has 0 saturated heterocycles. The number of aromatic nitrogens is 1. The van der Waals surface area contributed by atoms with Gasteiger partial charge in [0.2, 0.25) is 0 Å². The molecule has 1 heterocycles. The van der Waals surface area contributed by atoms with Crippen molar-refractivity contribution in [2.75, 3.05) is 12.4 Å². The van der Waals surface area contributed by atoms with Crippen molar-refractivity contribution in [3.63, 3.8) is 0 Å². The predicted molar refractivity (Wildman–Crippen MR) is 108 cm³/mol. The van der Waals surface area contributed by atoms with Crippen molar-refractivity contribution < 1.29 is 9.53 Å². The van der Waals surface area contributed by atoms with Crippen molar-refractivity contribution in [1.29, 1.82) is 0 Å². The molecule has 6 heteroatoms. The van der Waals surface area contributed by atoms with E-state index in [1.165, 1.54) is 6.20 Å². The number of aryl methyl sites for hydroxylation is 1. The molecule has 5 nitrogen and oxygen atoms in total. The van der Waals surface area contributed by atoms with Gasteiger partial charge in [0.1, 0.15) is 11.6 Å². The number of anilines is 2. The molecule has 1 aromatic heterocycles. The highest BCUT2D eigenvalue weighted by Gasteiger charge is 2.10. The molecule has 0 unspecified atom stereocenters. The number of rotatable bonds is 6. The average Bonchev–Trinajstić information content (AvgIpc) is 2.70. The number of amides is 1. The van der Waals surface area contributed by atoms with Gasteiger partial charge in [-0.1, -0.05) is 41.9 Å². The molecule has 27 heavy (non-hydrogen) atoms. The maximum Gasteiger partial charge on any atom is 0.253 e. The van der Waals surface area contributed by atoms with E-state index in [0.717, 1.165) is 16.8 Å².